The molecule has 1 N–H and O–H groups in total. The highest BCUT2D eigenvalue weighted by Gasteiger charge is 2.31. The molecular weight excluding hydrogens is 337 g/mol. The zero-order chi connectivity index (χ0) is 17.0. The van der Waals surface area contributed by atoms with E-state index in [9.17, 15) is 18.0 Å². The van der Waals surface area contributed by atoms with E-state index in [1.165, 1.54) is 16.7 Å². The van der Waals surface area contributed by atoms with E-state index in [1.807, 2.05) is 0 Å². The van der Waals surface area contributed by atoms with Crippen LogP contribution in [0.1, 0.15) is 0 Å². The molecule has 0 saturated heterocycles. The lowest BCUT2D eigenvalue weighted by atomic mass is 10.3. The van der Waals surface area contributed by atoms with Crippen molar-refractivity contribution in [2.45, 2.75) is 12.9 Å². The molecule has 0 bridgehead atoms. The number of carbonyl (C=O) groups is 1. The van der Waals surface area contributed by atoms with Crippen molar-refractivity contribution < 1.29 is 32.5 Å². The minimum absolute atomic E-state index is 0.111. The summed E-state index contributed by atoms with van der Waals surface area (Å²) in [5, 5.41) is 9.10. The van der Waals surface area contributed by atoms with Crippen molar-refractivity contribution in [3.8, 4) is 5.75 Å². The lowest BCUT2D eigenvalue weighted by Crippen LogP contribution is -2.18. The molecule has 1 heterocycles. The van der Waals surface area contributed by atoms with Crippen LogP contribution in [0.25, 0.3) is 10.2 Å². The quantitative estimate of drug-likeness (QED) is 0.863. The predicted molar refractivity (Wildman–Crippen MR) is 75.8 cm³/mol. The number of alkyl halides is 3. The van der Waals surface area contributed by atoms with Crippen molar-refractivity contribution in [2.24, 2.45) is 4.99 Å². The Bertz CT molecular complexity index is 795. The Balaban J connectivity index is 2.53. The van der Waals surface area contributed by atoms with Crippen LogP contribution in [-0.2, 0) is 11.3 Å². The molecule has 1 amide bonds. The van der Waals surface area contributed by atoms with Crippen molar-refractivity contribution in [3.63, 3.8) is 0 Å². The highest BCUT2D eigenvalue weighted by molar-refractivity contribution is 7.16. The second-order valence-electron chi connectivity index (χ2n) is 4.10. The third kappa shape index (κ3) is 4.33. The van der Waals surface area contributed by atoms with Crippen LogP contribution in [-0.4, -0.2) is 28.7 Å². The van der Waals surface area contributed by atoms with Crippen LogP contribution < -0.4 is 9.54 Å². The fourth-order valence-electron chi connectivity index (χ4n) is 1.83. The van der Waals surface area contributed by atoms with Crippen LogP contribution >= 0.6 is 11.3 Å². The van der Waals surface area contributed by atoms with Crippen molar-refractivity contribution in [1.82, 2.24) is 4.57 Å². The van der Waals surface area contributed by atoms with Gasteiger partial charge in [-0.25, -0.2) is 4.79 Å². The van der Waals surface area contributed by atoms with Crippen molar-refractivity contribution in [1.29, 1.82) is 0 Å². The van der Waals surface area contributed by atoms with Gasteiger partial charge in [-0.15, -0.1) is 18.2 Å². The molecule has 0 saturated carbocycles. The maximum absolute atomic E-state index is 12.3. The van der Waals surface area contributed by atoms with Crippen molar-refractivity contribution in [2.75, 3.05) is 6.61 Å². The fourth-order valence-corrected chi connectivity index (χ4v) is 2.90. The van der Waals surface area contributed by atoms with Crippen LogP contribution in [0.2, 0.25) is 0 Å². The first-order valence-corrected chi connectivity index (χ1v) is 7.02. The second kappa shape index (κ2) is 6.84. The van der Waals surface area contributed by atoms with Crippen LogP contribution in [0.4, 0.5) is 18.0 Å². The summed E-state index contributed by atoms with van der Waals surface area (Å²) in [7, 11) is 0. The number of hydrogen-bond acceptors (Lipinski definition) is 5. The fraction of sp³-hybridized carbons (Fsp3) is 0.231. The first-order valence-electron chi connectivity index (χ1n) is 6.20. The van der Waals surface area contributed by atoms with Gasteiger partial charge < -0.3 is 19.1 Å². The summed E-state index contributed by atoms with van der Waals surface area (Å²) >= 11 is 0.961. The van der Waals surface area contributed by atoms with Gasteiger partial charge in [0.05, 0.1) is 23.1 Å². The highest BCUT2D eigenvalue weighted by atomic mass is 32.1. The summed E-state index contributed by atoms with van der Waals surface area (Å²) < 4.78 is 47.0. The molecule has 23 heavy (non-hydrogen) atoms. The van der Waals surface area contributed by atoms with Crippen LogP contribution in [0.15, 0.2) is 36.0 Å². The number of thiazole rings is 1. The zero-order valence-electron chi connectivity index (χ0n) is 11.5. The van der Waals surface area contributed by atoms with Gasteiger partial charge in [0, 0.05) is 6.54 Å². The van der Waals surface area contributed by atoms with E-state index in [0.717, 1.165) is 23.7 Å². The molecular formula is C13H11F3N2O4S. The Kier molecular flexibility index (Phi) is 5.06. The molecule has 6 nitrogen and oxygen atoms in total. The molecule has 0 aliphatic rings. The Morgan fingerprint density at radius 1 is 1.48 bits per heavy atom. The van der Waals surface area contributed by atoms with Gasteiger partial charge in [-0.05, 0) is 18.2 Å². The molecule has 0 spiro atoms. The van der Waals surface area contributed by atoms with Gasteiger partial charge in [-0.1, -0.05) is 17.9 Å². The maximum atomic E-state index is 12.3. The summed E-state index contributed by atoms with van der Waals surface area (Å²) in [5.41, 5.74) is 0.503. The van der Waals surface area contributed by atoms with Crippen molar-refractivity contribution in [3.05, 3.63) is 35.8 Å². The summed E-state index contributed by atoms with van der Waals surface area (Å²) in [4.78, 5) is 15.3. The van der Waals surface area contributed by atoms with E-state index in [4.69, 9.17) is 5.11 Å². The molecule has 0 atom stereocenters. The van der Waals surface area contributed by atoms with E-state index < -0.39 is 12.5 Å². The number of rotatable bonds is 4. The van der Waals surface area contributed by atoms with Gasteiger partial charge in [0.1, 0.15) is 5.75 Å². The first kappa shape index (κ1) is 17.0. The molecule has 0 unspecified atom stereocenters. The Morgan fingerprint density at radius 3 is 2.83 bits per heavy atom. The van der Waals surface area contributed by atoms with Crippen molar-refractivity contribution >= 4 is 27.6 Å². The number of halogens is 3. The normalized spacial score (nSPS) is 12.4. The molecule has 0 radical (unpaired) electrons. The Labute approximate surface area is 131 Å². The lowest BCUT2D eigenvalue weighted by Gasteiger charge is -2.08. The lowest BCUT2D eigenvalue weighted by molar-refractivity contribution is -0.274. The van der Waals surface area contributed by atoms with Crippen LogP contribution in [0, 0.1) is 0 Å². The van der Waals surface area contributed by atoms with E-state index in [-0.39, 0.29) is 23.7 Å². The SMILES string of the molecule is C=COC(=O)/N=c1\sc2cc(OC(F)(F)F)ccc2n1CCO. The highest BCUT2D eigenvalue weighted by Crippen LogP contribution is 2.27. The third-order valence-corrected chi connectivity index (χ3v) is 3.62. The minimum atomic E-state index is -4.80. The zero-order valence-corrected chi connectivity index (χ0v) is 12.4. The minimum Gasteiger partial charge on any atom is -0.417 e. The van der Waals surface area contributed by atoms with Gasteiger partial charge in [0.25, 0.3) is 0 Å². The third-order valence-electron chi connectivity index (χ3n) is 2.58. The average Bonchev–Trinajstić information content (AvgIpc) is 2.75. The number of nitrogens with zero attached hydrogens (tertiary/aromatic N) is 2. The van der Waals surface area contributed by atoms with Gasteiger partial charge in [-0.3, -0.25) is 0 Å². The Morgan fingerprint density at radius 2 is 2.22 bits per heavy atom. The number of fused-ring (bicyclic) bond motifs is 1. The topological polar surface area (TPSA) is 73.0 Å². The van der Waals surface area contributed by atoms with Gasteiger partial charge in [-0.2, -0.15) is 0 Å². The van der Waals surface area contributed by atoms with Crippen LogP contribution in [0.5, 0.6) is 5.75 Å². The molecule has 1 aromatic carbocycles. The number of aliphatic hydroxyl groups excluding tert-OH is 1. The second-order valence-corrected chi connectivity index (χ2v) is 5.11. The van der Waals surface area contributed by atoms with E-state index >= 15 is 0 Å². The number of amides is 1. The molecule has 0 aliphatic heterocycles. The van der Waals surface area contributed by atoms with Crippen LogP contribution in [0.3, 0.4) is 0 Å². The van der Waals surface area contributed by atoms with Gasteiger partial charge >= 0.3 is 12.5 Å². The predicted octanol–water partition coefficient (Wildman–Crippen LogP) is 2.77. The number of aliphatic hydroxyl groups is 1. The standard InChI is InChI=1S/C13H11F3N2O4S/c1-2-21-12(20)17-11-18(5-6-19)9-4-3-8(7-10(9)23-11)22-13(14,15)16/h2-4,7,19H,1,5-6H2/b17-11-. The summed E-state index contributed by atoms with van der Waals surface area (Å²) in [6.45, 7) is 3.09. The maximum Gasteiger partial charge on any atom is 0.573 e. The van der Waals surface area contributed by atoms with E-state index in [0.29, 0.717) is 10.2 Å². The number of hydrogen-bond donors (Lipinski definition) is 1. The number of ether oxygens (including phenoxy) is 2. The molecule has 0 aliphatic carbocycles. The summed E-state index contributed by atoms with van der Waals surface area (Å²) in [6, 6.07) is 3.71. The smallest absolute Gasteiger partial charge is 0.417 e. The number of benzene rings is 1. The van der Waals surface area contributed by atoms with Gasteiger partial charge in [0.2, 0.25) is 0 Å². The Hall–Kier alpha value is -2.33. The van der Waals surface area contributed by atoms with E-state index in [1.54, 1.807) is 0 Å². The molecule has 2 rings (SSSR count). The number of aromatic nitrogens is 1. The van der Waals surface area contributed by atoms with E-state index in [2.05, 4.69) is 21.0 Å². The first-order chi connectivity index (χ1) is 10.8. The van der Waals surface area contributed by atoms with Gasteiger partial charge in [0.15, 0.2) is 4.80 Å². The number of carbonyl (C=O) groups excluding carboxylic acids is 1. The largest absolute Gasteiger partial charge is 0.573 e. The average molecular weight is 348 g/mol. The molecule has 10 heteroatoms. The molecule has 1 aromatic heterocycles. The monoisotopic (exact) mass is 348 g/mol. The summed E-state index contributed by atoms with van der Waals surface area (Å²) in [5.74, 6) is -0.386. The summed E-state index contributed by atoms with van der Waals surface area (Å²) in [6.07, 6.45) is -4.82. The molecule has 2 aromatic rings. The molecule has 0 fully saturated rings. The molecule has 124 valence electrons.